The van der Waals surface area contributed by atoms with Crippen LogP contribution in [0.1, 0.15) is 26.3 Å². The lowest BCUT2D eigenvalue weighted by Crippen LogP contribution is -2.08. The van der Waals surface area contributed by atoms with Gasteiger partial charge in [0.2, 0.25) is 0 Å². The largest absolute Gasteiger partial charge is 0.462 e. The fourth-order valence-corrected chi connectivity index (χ4v) is 3.45. The van der Waals surface area contributed by atoms with Gasteiger partial charge < -0.3 is 10.5 Å². The average molecular weight is 255 g/mol. The van der Waals surface area contributed by atoms with Crippen LogP contribution in [0, 0.1) is 0 Å². The zero-order valence-electron chi connectivity index (χ0n) is 8.48. The van der Waals surface area contributed by atoms with Gasteiger partial charge in [0.05, 0.1) is 15.5 Å². The van der Waals surface area contributed by atoms with Crippen molar-refractivity contribution in [1.82, 2.24) is 0 Å². The van der Waals surface area contributed by atoms with E-state index in [4.69, 9.17) is 10.5 Å². The molecule has 0 saturated heterocycles. The first-order valence-electron chi connectivity index (χ1n) is 4.62. The summed E-state index contributed by atoms with van der Waals surface area (Å²) in [6.45, 7) is 2.12. The highest BCUT2D eigenvalue weighted by atomic mass is 32.2. The summed E-state index contributed by atoms with van der Waals surface area (Å²) in [5.41, 5.74) is 5.17. The van der Waals surface area contributed by atoms with Crippen molar-refractivity contribution in [2.75, 3.05) is 6.61 Å². The molecule has 0 radical (unpaired) electrons. The molecule has 0 aliphatic carbocycles. The molecule has 2 aromatic heterocycles. The number of fused-ring (bicyclic) bond motifs is 1. The van der Waals surface area contributed by atoms with Crippen LogP contribution in [0.4, 0.5) is 0 Å². The van der Waals surface area contributed by atoms with E-state index in [2.05, 4.69) is 0 Å². The Labute approximate surface area is 99.6 Å². The predicted octanol–water partition coefficient (Wildman–Crippen LogP) is 2.24. The van der Waals surface area contributed by atoms with Crippen molar-refractivity contribution in [1.29, 1.82) is 0 Å². The van der Waals surface area contributed by atoms with Crippen molar-refractivity contribution in [3.63, 3.8) is 0 Å². The van der Waals surface area contributed by atoms with Crippen LogP contribution in [0.2, 0.25) is 0 Å². The standard InChI is InChI=1S/C10H9NO3S2/c1-2-14-9(13)7-4-5-3-6(8(11)12)15-10(5)16-7/h3-4H,2H2,1H3,(H2,11,12). The summed E-state index contributed by atoms with van der Waals surface area (Å²) in [4.78, 5) is 23.4. The zero-order chi connectivity index (χ0) is 11.7. The lowest BCUT2D eigenvalue weighted by Gasteiger charge is -1.96. The summed E-state index contributed by atoms with van der Waals surface area (Å²) >= 11 is 2.62. The molecule has 6 heteroatoms. The lowest BCUT2D eigenvalue weighted by atomic mass is 10.3. The van der Waals surface area contributed by atoms with Gasteiger partial charge >= 0.3 is 5.97 Å². The number of amides is 1. The second-order valence-electron chi connectivity index (χ2n) is 3.05. The minimum Gasteiger partial charge on any atom is -0.462 e. The SMILES string of the molecule is CCOC(=O)c1cc2cc(C(N)=O)sc2s1. The minimum atomic E-state index is -0.439. The Bertz CT molecular complexity index is 524. The number of hydrogen-bond donors (Lipinski definition) is 1. The predicted molar refractivity (Wildman–Crippen MR) is 64.2 cm³/mol. The van der Waals surface area contributed by atoms with Gasteiger partial charge in [0.15, 0.2) is 0 Å². The summed E-state index contributed by atoms with van der Waals surface area (Å²) in [7, 11) is 0. The molecular formula is C10H9NO3S2. The van der Waals surface area contributed by atoms with Gasteiger partial charge in [-0.05, 0) is 19.1 Å². The van der Waals surface area contributed by atoms with E-state index in [-0.39, 0.29) is 5.97 Å². The van der Waals surface area contributed by atoms with Crippen molar-refractivity contribution in [2.24, 2.45) is 5.73 Å². The van der Waals surface area contributed by atoms with Crippen molar-refractivity contribution in [3.8, 4) is 0 Å². The van der Waals surface area contributed by atoms with Crippen LogP contribution in [0.5, 0.6) is 0 Å². The number of carbonyl (C=O) groups is 2. The molecule has 0 aromatic carbocycles. The highest BCUT2D eigenvalue weighted by Gasteiger charge is 2.14. The molecule has 0 bridgehead atoms. The third-order valence-electron chi connectivity index (χ3n) is 1.93. The molecular weight excluding hydrogens is 246 g/mol. The Kier molecular flexibility index (Phi) is 2.93. The maximum absolute atomic E-state index is 11.4. The quantitative estimate of drug-likeness (QED) is 0.855. The van der Waals surface area contributed by atoms with Gasteiger partial charge in [0.1, 0.15) is 4.88 Å². The van der Waals surface area contributed by atoms with E-state index >= 15 is 0 Å². The van der Waals surface area contributed by atoms with E-state index in [9.17, 15) is 9.59 Å². The van der Waals surface area contributed by atoms with Crippen molar-refractivity contribution < 1.29 is 14.3 Å². The third kappa shape index (κ3) is 1.94. The van der Waals surface area contributed by atoms with Gasteiger partial charge in [-0.1, -0.05) is 0 Å². The molecule has 0 aliphatic rings. The zero-order valence-corrected chi connectivity index (χ0v) is 10.1. The Balaban J connectivity index is 2.35. The van der Waals surface area contributed by atoms with Gasteiger partial charge in [0, 0.05) is 5.39 Å². The molecule has 0 atom stereocenters. The van der Waals surface area contributed by atoms with Crippen molar-refractivity contribution >= 4 is 43.9 Å². The van der Waals surface area contributed by atoms with E-state index in [1.54, 1.807) is 19.1 Å². The van der Waals surface area contributed by atoms with E-state index in [0.29, 0.717) is 16.4 Å². The van der Waals surface area contributed by atoms with Crippen LogP contribution < -0.4 is 5.73 Å². The average Bonchev–Trinajstić information content (AvgIpc) is 2.73. The summed E-state index contributed by atoms with van der Waals surface area (Å²) in [6, 6.07) is 3.42. The minimum absolute atomic E-state index is 0.323. The topological polar surface area (TPSA) is 69.4 Å². The molecule has 2 N–H and O–H groups in total. The molecule has 0 fully saturated rings. The molecule has 2 rings (SSSR count). The highest BCUT2D eigenvalue weighted by Crippen LogP contribution is 2.33. The van der Waals surface area contributed by atoms with E-state index < -0.39 is 5.91 Å². The normalized spacial score (nSPS) is 10.6. The van der Waals surface area contributed by atoms with E-state index in [1.807, 2.05) is 0 Å². The van der Waals surface area contributed by atoms with Crippen molar-refractivity contribution in [3.05, 3.63) is 21.9 Å². The van der Waals surface area contributed by atoms with Crippen LogP contribution in [0.25, 0.3) is 9.40 Å². The first-order chi connectivity index (χ1) is 7.61. The third-order valence-corrected chi connectivity index (χ3v) is 4.32. The molecule has 2 aromatic rings. The van der Waals surface area contributed by atoms with Gasteiger partial charge in [-0.3, -0.25) is 4.79 Å². The van der Waals surface area contributed by atoms with E-state index in [1.165, 1.54) is 22.7 Å². The molecule has 16 heavy (non-hydrogen) atoms. The first kappa shape index (κ1) is 11.1. The number of primary amides is 1. The van der Waals surface area contributed by atoms with Crippen molar-refractivity contribution in [2.45, 2.75) is 6.92 Å². The number of esters is 1. The first-order valence-corrected chi connectivity index (χ1v) is 6.25. The molecule has 4 nitrogen and oxygen atoms in total. The van der Waals surface area contributed by atoms with Crippen LogP contribution in [-0.4, -0.2) is 18.5 Å². The summed E-state index contributed by atoms with van der Waals surface area (Å²) < 4.78 is 5.80. The Morgan fingerprint density at radius 3 is 2.50 bits per heavy atom. The molecule has 0 spiro atoms. The maximum atomic E-state index is 11.4. The van der Waals surface area contributed by atoms with Crippen LogP contribution in [0.3, 0.4) is 0 Å². The van der Waals surface area contributed by atoms with Gasteiger partial charge in [-0.2, -0.15) is 0 Å². The second-order valence-corrected chi connectivity index (χ2v) is 5.41. The summed E-state index contributed by atoms with van der Waals surface area (Å²) in [6.07, 6.45) is 0. The monoisotopic (exact) mass is 255 g/mol. The number of rotatable bonds is 3. The lowest BCUT2D eigenvalue weighted by molar-refractivity contribution is 0.0532. The van der Waals surface area contributed by atoms with Crippen LogP contribution in [0.15, 0.2) is 12.1 Å². The Morgan fingerprint density at radius 1 is 1.31 bits per heavy atom. The fraction of sp³-hybridized carbons (Fsp3) is 0.200. The number of nitrogens with two attached hydrogens (primary N) is 1. The number of thiophene rings is 2. The number of hydrogen-bond acceptors (Lipinski definition) is 5. The fourth-order valence-electron chi connectivity index (χ4n) is 1.26. The molecule has 1 amide bonds. The Hall–Kier alpha value is -1.40. The highest BCUT2D eigenvalue weighted by molar-refractivity contribution is 7.39. The Morgan fingerprint density at radius 2 is 1.94 bits per heavy atom. The second kappa shape index (κ2) is 4.23. The van der Waals surface area contributed by atoms with E-state index in [0.717, 1.165) is 9.40 Å². The van der Waals surface area contributed by atoms with Gasteiger partial charge in [0.25, 0.3) is 5.91 Å². The molecule has 84 valence electrons. The molecule has 2 heterocycles. The van der Waals surface area contributed by atoms with Gasteiger partial charge in [-0.25, -0.2) is 4.79 Å². The number of carbonyl (C=O) groups excluding carboxylic acids is 2. The smallest absolute Gasteiger partial charge is 0.348 e. The maximum Gasteiger partial charge on any atom is 0.348 e. The molecule has 0 saturated carbocycles. The van der Waals surface area contributed by atoms with Crippen LogP contribution >= 0.6 is 22.7 Å². The molecule has 0 aliphatic heterocycles. The number of ether oxygens (including phenoxy) is 1. The summed E-state index contributed by atoms with van der Waals surface area (Å²) in [5, 5.41) is 0.867. The van der Waals surface area contributed by atoms with Gasteiger partial charge in [-0.15, -0.1) is 22.7 Å². The molecule has 0 unspecified atom stereocenters. The summed E-state index contributed by atoms with van der Waals surface area (Å²) in [5.74, 6) is -0.761. The van der Waals surface area contributed by atoms with Crippen LogP contribution in [-0.2, 0) is 4.74 Å².